The summed E-state index contributed by atoms with van der Waals surface area (Å²) in [6, 6.07) is 23.8. The third-order valence-electron chi connectivity index (χ3n) is 8.77. The van der Waals surface area contributed by atoms with Crippen LogP contribution in [0.3, 0.4) is 0 Å². The number of benzene rings is 3. The summed E-state index contributed by atoms with van der Waals surface area (Å²) in [4.78, 5) is 29.2. The Morgan fingerprint density at radius 2 is 1.60 bits per heavy atom. The third-order valence-corrected chi connectivity index (χ3v) is 15.1. The molecule has 0 aliphatic carbocycles. The average Bonchev–Trinajstić information content (AvgIpc) is 3.42. The molecule has 2 saturated heterocycles. The van der Waals surface area contributed by atoms with Gasteiger partial charge in [0.25, 0.3) is 0 Å². The smallest absolute Gasteiger partial charge is 0.320 e. The second kappa shape index (κ2) is 14.3. The van der Waals surface area contributed by atoms with Gasteiger partial charge in [-0.3, -0.25) is 9.59 Å². The lowest BCUT2D eigenvalue weighted by molar-refractivity contribution is -0.146. The molecule has 9 nitrogen and oxygen atoms in total. The molecule has 2 atom stereocenters. The number of nitrogens with zero attached hydrogens (tertiary/aromatic N) is 2. The van der Waals surface area contributed by atoms with Crippen molar-refractivity contribution in [3.05, 3.63) is 94.9 Å². The zero-order valence-corrected chi connectivity index (χ0v) is 29.8. The summed E-state index contributed by atoms with van der Waals surface area (Å²) >= 11 is 6.72. The molecule has 12 heteroatoms. The van der Waals surface area contributed by atoms with Gasteiger partial charge in [-0.25, -0.2) is 8.42 Å². The van der Waals surface area contributed by atoms with Crippen LogP contribution in [-0.2, 0) is 24.3 Å². The fourth-order valence-corrected chi connectivity index (χ4v) is 12.0. The lowest BCUT2D eigenvalue weighted by atomic mass is 10.2. The van der Waals surface area contributed by atoms with Crippen LogP contribution in [-0.4, -0.2) is 83.3 Å². The quantitative estimate of drug-likeness (QED) is 0.322. The molecule has 0 bridgehead atoms. The summed E-state index contributed by atoms with van der Waals surface area (Å²) in [6.07, 6.45) is 1.72. The van der Waals surface area contributed by atoms with Gasteiger partial charge in [-0.05, 0) is 52.5 Å². The summed E-state index contributed by atoms with van der Waals surface area (Å²) in [5.74, 6) is -0.124. The number of carbonyl (C=O) groups is 2. The Morgan fingerprint density at radius 1 is 1.00 bits per heavy atom. The molecule has 1 N–H and O–H groups in total. The largest absolute Gasteiger partial charge is 0.533 e. The number of morpholine rings is 1. The molecule has 0 radical (unpaired) electrons. The molecule has 2 heterocycles. The minimum atomic E-state index is -4.01. The molecule has 3 aromatic carbocycles. The maximum atomic E-state index is 13.2. The van der Waals surface area contributed by atoms with E-state index in [-0.39, 0.29) is 23.9 Å². The van der Waals surface area contributed by atoms with Gasteiger partial charge < -0.3 is 19.0 Å². The summed E-state index contributed by atoms with van der Waals surface area (Å²) < 4.78 is 41.2. The minimum absolute atomic E-state index is 0.163. The van der Waals surface area contributed by atoms with Crippen molar-refractivity contribution in [2.75, 3.05) is 32.8 Å². The Hall–Kier alpha value is -3.48. The number of nitrogens with one attached hydrogen (secondary N) is 1. The predicted molar refractivity (Wildman–Crippen MR) is 188 cm³/mol. The van der Waals surface area contributed by atoms with E-state index in [1.54, 1.807) is 30.0 Å². The van der Waals surface area contributed by atoms with Crippen LogP contribution in [0.25, 0.3) is 6.08 Å². The van der Waals surface area contributed by atoms with E-state index >= 15 is 0 Å². The van der Waals surface area contributed by atoms with E-state index in [0.717, 1.165) is 15.8 Å². The zero-order chi connectivity index (χ0) is 33.8. The zero-order valence-electron chi connectivity index (χ0n) is 27.2. The van der Waals surface area contributed by atoms with Crippen molar-refractivity contribution >= 4 is 58.2 Å². The number of hydrogen-bond donors (Lipinski definition) is 1. The van der Waals surface area contributed by atoms with Crippen LogP contribution in [0.15, 0.2) is 84.3 Å². The Morgan fingerprint density at radius 3 is 2.17 bits per heavy atom. The van der Waals surface area contributed by atoms with Crippen LogP contribution in [0.4, 0.5) is 0 Å². The Bertz CT molecular complexity index is 1670. The van der Waals surface area contributed by atoms with Crippen molar-refractivity contribution in [3.8, 4) is 5.75 Å². The number of likely N-dealkylation sites (tertiary alicyclic amines) is 1. The molecule has 2 aliphatic heterocycles. The van der Waals surface area contributed by atoms with Gasteiger partial charge in [0.2, 0.25) is 21.8 Å². The number of halogens is 1. The predicted octanol–water partition coefficient (Wildman–Crippen LogP) is 4.02. The molecule has 2 fully saturated rings. The highest BCUT2D eigenvalue weighted by molar-refractivity contribution is 7.92. The number of carbonyl (C=O) groups excluding carboxylic acids is 2. The highest BCUT2D eigenvalue weighted by Gasteiger charge is 2.52. The molecule has 0 saturated carbocycles. The molecule has 0 unspecified atom stereocenters. The molecule has 2 aliphatic rings. The number of hydrogen-bond acceptors (Lipinski definition) is 6. The number of ether oxygens (including phenoxy) is 1. The van der Waals surface area contributed by atoms with E-state index in [0.29, 0.717) is 42.6 Å². The van der Waals surface area contributed by atoms with Gasteiger partial charge in [0.15, 0.2) is 0 Å². The average molecular weight is 696 g/mol. The van der Waals surface area contributed by atoms with E-state index in [2.05, 4.69) is 49.8 Å². The first-order valence-electron chi connectivity index (χ1n) is 15.8. The lowest BCUT2D eigenvalue weighted by Gasteiger charge is -2.43. The number of rotatable bonds is 10. The van der Waals surface area contributed by atoms with Crippen molar-refractivity contribution in [3.63, 3.8) is 0 Å². The number of amides is 2. The summed E-state index contributed by atoms with van der Waals surface area (Å²) in [7, 11) is -6.99. The molecule has 3 aromatic rings. The Balaban J connectivity index is 1.35. The van der Waals surface area contributed by atoms with Crippen molar-refractivity contribution in [1.82, 2.24) is 14.5 Å². The van der Waals surface area contributed by atoms with Gasteiger partial charge in [-0.15, -0.1) is 0 Å². The van der Waals surface area contributed by atoms with Gasteiger partial charge in [-0.1, -0.05) is 99.1 Å². The van der Waals surface area contributed by atoms with Crippen molar-refractivity contribution in [2.45, 2.75) is 51.2 Å². The fraction of sp³-hybridized carbons (Fsp3) is 0.371. The molecule has 250 valence electrons. The topological polar surface area (TPSA) is 105 Å². The van der Waals surface area contributed by atoms with Gasteiger partial charge in [0.05, 0.1) is 18.2 Å². The molecular formula is C35H42ClN3O6SSi. The SMILES string of the molecule is C[C@@H](C(=O)N1CCOCC1)N1CC[C@H](NS(=O)(=O)/C=C/c2ccc(Cl)c(O[Si](c3ccccc3)(c3ccccc3)C(C)(C)C)c2)C1=O. The van der Waals surface area contributed by atoms with Crippen LogP contribution in [0.5, 0.6) is 5.75 Å². The second-order valence-corrected chi connectivity index (χ2v) is 19.1. The molecule has 5 rings (SSSR count). The Labute approximate surface area is 283 Å². The molecular weight excluding hydrogens is 654 g/mol. The lowest BCUT2D eigenvalue weighted by Crippen LogP contribution is -2.68. The molecule has 0 spiro atoms. The molecule has 0 aromatic heterocycles. The first-order valence-corrected chi connectivity index (χ1v) is 19.6. The Kier molecular flexibility index (Phi) is 10.6. The maximum Gasteiger partial charge on any atom is 0.320 e. The van der Waals surface area contributed by atoms with Crippen molar-refractivity contribution in [1.29, 1.82) is 0 Å². The van der Waals surface area contributed by atoms with E-state index in [1.807, 2.05) is 36.4 Å². The van der Waals surface area contributed by atoms with E-state index in [1.165, 1.54) is 11.0 Å². The highest BCUT2D eigenvalue weighted by Crippen LogP contribution is 2.39. The van der Waals surface area contributed by atoms with E-state index in [4.69, 9.17) is 20.8 Å². The van der Waals surface area contributed by atoms with Gasteiger partial charge in [0.1, 0.15) is 17.8 Å². The normalized spacial score (nSPS) is 18.5. The minimum Gasteiger partial charge on any atom is -0.533 e. The molecule has 2 amide bonds. The third kappa shape index (κ3) is 7.65. The summed E-state index contributed by atoms with van der Waals surface area (Å²) in [5.41, 5.74) is 0.566. The van der Waals surface area contributed by atoms with Crippen LogP contribution in [0.2, 0.25) is 10.1 Å². The summed E-state index contributed by atoms with van der Waals surface area (Å²) in [5, 5.41) is 3.32. The van der Waals surface area contributed by atoms with Crippen molar-refractivity contribution in [2.24, 2.45) is 0 Å². The van der Waals surface area contributed by atoms with Gasteiger partial charge in [-0.2, -0.15) is 4.72 Å². The standard InChI is InChI=1S/C35H42ClN3O6SSi/c1-26(33(40)38-20-22-44-23-21-38)39-19-17-31(34(39)41)37-46(42,43)24-18-27-15-16-30(36)32(25-27)45-47(35(2,3)4,28-11-7-5-8-12-28)29-13-9-6-10-14-29/h5-16,18,24-26,31,37H,17,19-23H2,1-4H3/b24-18+/t26-,31-/m0/s1. The fourth-order valence-electron chi connectivity index (χ4n) is 6.30. The second-order valence-electron chi connectivity index (χ2n) is 12.9. The summed E-state index contributed by atoms with van der Waals surface area (Å²) in [6.45, 7) is 10.3. The highest BCUT2D eigenvalue weighted by atomic mass is 35.5. The first kappa shape index (κ1) is 34.8. The van der Waals surface area contributed by atoms with Gasteiger partial charge in [0, 0.05) is 25.0 Å². The van der Waals surface area contributed by atoms with E-state index < -0.39 is 36.3 Å². The van der Waals surface area contributed by atoms with Crippen molar-refractivity contribution < 1.29 is 27.2 Å². The van der Waals surface area contributed by atoms with Crippen LogP contribution in [0.1, 0.15) is 39.7 Å². The molecule has 47 heavy (non-hydrogen) atoms. The van der Waals surface area contributed by atoms with Crippen LogP contribution < -0.4 is 19.5 Å². The number of sulfonamides is 1. The van der Waals surface area contributed by atoms with Crippen LogP contribution >= 0.6 is 11.6 Å². The van der Waals surface area contributed by atoms with Gasteiger partial charge >= 0.3 is 8.32 Å². The monoisotopic (exact) mass is 695 g/mol. The van der Waals surface area contributed by atoms with E-state index in [9.17, 15) is 18.0 Å². The first-order chi connectivity index (χ1) is 22.3. The van der Waals surface area contributed by atoms with Crippen LogP contribution in [0, 0.1) is 0 Å². The maximum absolute atomic E-state index is 13.2.